The van der Waals surface area contributed by atoms with Crippen molar-refractivity contribution >= 4 is 0 Å². The minimum Gasteiger partial charge on any atom is -0.0995 e. The molecule has 1 fully saturated rings. The summed E-state index contributed by atoms with van der Waals surface area (Å²) in [6.45, 7) is 6.17. The van der Waals surface area contributed by atoms with Gasteiger partial charge < -0.3 is 0 Å². The van der Waals surface area contributed by atoms with E-state index in [1.807, 2.05) is 0 Å². The average Bonchev–Trinajstić information content (AvgIpc) is 2.30. The molecule has 0 radical (unpaired) electrons. The van der Waals surface area contributed by atoms with Gasteiger partial charge in [0.25, 0.3) is 0 Å². The van der Waals surface area contributed by atoms with Crippen molar-refractivity contribution in [3.63, 3.8) is 0 Å². The fourth-order valence-corrected chi connectivity index (χ4v) is 2.74. The molecule has 0 aromatic carbocycles. The number of hydrogen-bond donors (Lipinski definition) is 0. The molecule has 0 aliphatic heterocycles. The highest BCUT2D eigenvalue weighted by molar-refractivity contribution is 5.29. The van der Waals surface area contributed by atoms with E-state index in [1.165, 1.54) is 44.1 Å². The molecule has 0 amide bonds. The lowest BCUT2D eigenvalue weighted by molar-refractivity contribution is 0.406. The second kappa shape index (κ2) is 4.83. The van der Waals surface area contributed by atoms with Crippen LogP contribution in [0.4, 0.5) is 0 Å². The number of hydrogen-bond acceptors (Lipinski definition) is 0. The van der Waals surface area contributed by atoms with Crippen LogP contribution in [0.5, 0.6) is 0 Å². The molecule has 2 aliphatic rings. The summed E-state index contributed by atoms with van der Waals surface area (Å²) < 4.78 is 0. The highest BCUT2D eigenvalue weighted by atomic mass is 14.2. The summed E-state index contributed by atoms with van der Waals surface area (Å²) in [5.41, 5.74) is 2.90. The van der Waals surface area contributed by atoms with E-state index in [0.29, 0.717) is 5.92 Å². The van der Waals surface area contributed by atoms with Crippen LogP contribution < -0.4 is 0 Å². The van der Waals surface area contributed by atoms with Gasteiger partial charge in [0, 0.05) is 5.92 Å². The zero-order valence-corrected chi connectivity index (χ0v) is 9.84. The topological polar surface area (TPSA) is 0 Å². The quantitative estimate of drug-likeness (QED) is 0.572. The normalized spacial score (nSPS) is 27.5. The molecular formula is C15H22. The summed E-state index contributed by atoms with van der Waals surface area (Å²) in [6.07, 6.45) is 15.5. The van der Waals surface area contributed by atoms with Crippen LogP contribution in [-0.2, 0) is 0 Å². The van der Waals surface area contributed by atoms with Gasteiger partial charge in [0.2, 0.25) is 0 Å². The third-order valence-electron chi connectivity index (χ3n) is 3.84. The molecule has 2 rings (SSSR count). The Hall–Kier alpha value is -0.780. The zero-order valence-electron chi connectivity index (χ0n) is 9.84. The third kappa shape index (κ3) is 2.62. The molecule has 0 N–H and O–H groups in total. The first-order valence-electron chi connectivity index (χ1n) is 6.31. The van der Waals surface area contributed by atoms with E-state index in [-0.39, 0.29) is 0 Å². The van der Waals surface area contributed by atoms with Crippen LogP contribution in [0.3, 0.4) is 0 Å². The summed E-state index contributed by atoms with van der Waals surface area (Å²) >= 11 is 0. The van der Waals surface area contributed by atoms with E-state index in [9.17, 15) is 0 Å². The molecular weight excluding hydrogens is 180 g/mol. The van der Waals surface area contributed by atoms with Crippen LogP contribution in [0.25, 0.3) is 0 Å². The van der Waals surface area contributed by atoms with Crippen LogP contribution in [0, 0.1) is 11.8 Å². The van der Waals surface area contributed by atoms with Crippen LogP contribution in [-0.4, -0.2) is 0 Å². The molecule has 0 heterocycles. The van der Waals surface area contributed by atoms with Crippen LogP contribution >= 0.6 is 0 Å². The Morgan fingerprint density at radius 3 is 2.53 bits per heavy atom. The van der Waals surface area contributed by atoms with Crippen molar-refractivity contribution in [2.24, 2.45) is 11.8 Å². The average molecular weight is 202 g/mol. The van der Waals surface area contributed by atoms with Gasteiger partial charge >= 0.3 is 0 Å². The van der Waals surface area contributed by atoms with Crippen molar-refractivity contribution in [2.75, 3.05) is 0 Å². The van der Waals surface area contributed by atoms with Crippen molar-refractivity contribution in [3.8, 4) is 0 Å². The molecule has 0 saturated heterocycles. The molecule has 0 spiro atoms. The van der Waals surface area contributed by atoms with Gasteiger partial charge in [-0.1, -0.05) is 49.6 Å². The van der Waals surface area contributed by atoms with Crippen molar-refractivity contribution in [1.29, 1.82) is 0 Å². The smallest absolute Gasteiger partial charge is 0.000921 e. The molecule has 82 valence electrons. The first-order valence-corrected chi connectivity index (χ1v) is 6.31. The summed E-state index contributed by atoms with van der Waals surface area (Å²) in [6, 6.07) is 0. The van der Waals surface area contributed by atoms with Gasteiger partial charge in [0.1, 0.15) is 0 Å². The highest BCUT2D eigenvalue weighted by Gasteiger charge is 2.18. The zero-order chi connectivity index (χ0) is 10.7. The van der Waals surface area contributed by atoms with Crippen molar-refractivity contribution in [2.45, 2.75) is 45.4 Å². The molecule has 0 heteroatoms. The van der Waals surface area contributed by atoms with Gasteiger partial charge in [-0.3, -0.25) is 0 Å². The van der Waals surface area contributed by atoms with Gasteiger partial charge in [-0.25, -0.2) is 0 Å². The van der Waals surface area contributed by atoms with E-state index in [4.69, 9.17) is 0 Å². The monoisotopic (exact) mass is 202 g/mol. The Labute approximate surface area is 93.8 Å². The van der Waals surface area contributed by atoms with Crippen LogP contribution in [0.1, 0.15) is 45.4 Å². The van der Waals surface area contributed by atoms with E-state index in [0.717, 1.165) is 5.92 Å². The molecule has 1 saturated carbocycles. The predicted molar refractivity (Wildman–Crippen MR) is 66.7 cm³/mol. The van der Waals surface area contributed by atoms with E-state index >= 15 is 0 Å². The first kappa shape index (κ1) is 10.7. The molecule has 1 atom stereocenters. The highest BCUT2D eigenvalue weighted by Crippen LogP contribution is 2.33. The summed E-state index contributed by atoms with van der Waals surface area (Å²) in [7, 11) is 0. The lowest BCUT2D eigenvalue weighted by Crippen LogP contribution is -2.11. The van der Waals surface area contributed by atoms with Crippen molar-refractivity contribution in [3.05, 3.63) is 36.0 Å². The molecule has 2 aliphatic carbocycles. The maximum Gasteiger partial charge on any atom is 0.000921 e. The molecule has 0 bridgehead atoms. The van der Waals surface area contributed by atoms with Crippen LogP contribution in [0.15, 0.2) is 36.0 Å². The lowest BCUT2D eigenvalue weighted by Gasteiger charge is -2.26. The SMILES string of the molecule is C=C(C)C1C=CC(C2CCCCC2)=CC1. The van der Waals surface area contributed by atoms with Crippen molar-refractivity contribution < 1.29 is 0 Å². The van der Waals surface area contributed by atoms with Crippen molar-refractivity contribution in [1.82, 2.24) is 0 Å². The summed E-state index contributed by atoms with van der Waals surface area (Å²) in [5, 5.41) is 0. The van der Waals surface area contributed by atoms with E-state index in [1.54, 1.807) is 5.57 Å². The van der Waals surface area contributed by atoms with Gasteiger partial charge in [-0.15, -0.1) is 0 Å². The molecule has 1 unspecified atom stereocenters. The minimum absolute atomic E-state index is 0.595. The fraction of sp³-hybridized carbons (Fsp3) is 0.600. The predicted octanol–water partition coefficient (Wildman–Crippen LogP) is 4.65. The standard InChI is InChI=1S/C15H22/c1-12(2)13-8-10-15(11-9-13)14-6-4-3-5-7-14/h8,10-11,13-14H,1,3-7,9H2,2H3. The van der Waals surface area contributed by atoms with Gasteiger partial charge in [0.05, 0.1) is 0 Å². The molecule has 0 aromatic heterocycles. The first-order chi connectivity index (χ1) is 7.27. The van der Waals surface area contributed by atoms with Crippen LogP contribution in [0.2, 0.25) is 0 Å². The Bertz CT molecular complexity index is 287. The van der Waals surface area contributed by atoms with E-state index < -0.39 is 0 Å². The Balaban J connectivity index is 1.95. The number of allylic oxidation sites excluding steroid dienone is 5. The summed E-state index contributed by atoms with van der Waals surface area (Å²) in [5.74, 6) is 1.46. The van der Waals surface area contributed by atoms with Gasteiger partial charge in [-0.05, 0) is 37.7 Å². The largest absolute Gasteiger partial charge is 0.0995 e. The maximum absolute atomic E-state index is 4.04. The van der Waals surface area contributed by atoms with Gasteiger partial charge in [-0.2, -0.15) is 0 Å². The lowest BCUT2D eigenvalue weighted by atomic mass is 9.80. The fourth-order valence-electron chi connectivity index (χ4n) is 2.74. The van der Waals surface area contributed by atoms with E-state index in [2.05, 4.69) is 31.7 Å². The third-order valence-corrected chi connectivity index (χ3v) is 3.84. The summed E-state index contributed by atoms with van der Waals surface area (Å²) in [4.78, 5) is 0. The molecule has 0 aromatic rings. The second-order valence-corrected chi connectivity index (χ2v) is 5.09. The Kier molecular flexibility index (Phi) is 3.45. The second-order valence-electron chi connectivity index (χ2n) is 5.09. The molecule has 15 heavy (non-hydrogen) atoms. The van der Waals surface area contributed by atoms with Gasteiger partial charge in [0.15, 0.2) is 0 Å². The Morgan fingerprint density at radius 1 is 1.27 bits per heavy atom. The maximum atomic E-state index is 4.04. The Morgan fingerprint density at radius 2 is 2.00 bits per heavy atom. The minimum atomic E-state index is 0.595. The number of rotatable bonds is 2. The molecule has 0 nitrogen and oxygen atoms in total.